The van der Waals surface area contributed by atoms with Crippen LogP contribution in [0.4, 0.5) is 5.69 Å². The van der Waals surface area contributed by atoms with Crippen molar-refractivity contribution >= 4 is 23.5 Å². The molecule has 0 fully saturated rings. The standard InChI is InChI=1S/C21H14N2O4/c24-19-17-6-3-15(21(26)27)12-18(17)20(25)23(19)16-4-1-13(2-5-16)11-14-7-9-22-10-8-14/h1-10,12H,11H2,(H,26,27)/p-1. The molecule has 0 atom stereocenters. The van der Waals surface area contributed by atoms with Gasteiger partial charge in [-0.3, -0.25) is 14.6 Å². The molecule has 0 saturated carbocycles. The van der Waals surface area contributed by atoms with Crippen LogP contribution in [0.1, 0.15) is 42.2 Å². The number of benzene rings is 2. The number of amides is 2. The van der Waals surface area contributed by atoms with Crippen LogP contribution in [0.5, 0.6) is 0 Å². The van der Waals surface area contributed by atoms with Crippen molar-refractivity contribution in [3.63, 3.8) is 0 Å². The van der Waals surface area contributed by atoms with Gasteiger partial charge in [-0.15, -0.1) is 0 Å². The summed E-state index contributed by atoms with van der Waals surface area (Å²) in [6.07, 6.45) is 4.16. The van der Waals surface area contributed by atoms with Crippen molar-refractivity contribution in [1.29, 1.82) is 0 Å². The second kappa shape index (κ2) is 6.49. The van der Waals surface area contributed by atoms with Crippen molar-refractivity contribution in [3.8, 4) is 0 Å². The third-order valence-corrected chi connectivity index (χ3v) is 4.47. The maximum Gasteiger partial charge on any atom is 0.266 e. The Morgan fingerprint density at radius 2 is 1.48 bits per heavy atom. The van der Waals surface area contributed by atoms with E-state index in [2.05, 4.69) is 4.98 Å². The van der Waals surface area contributed by atoms with E-state index in [1.54, 1.807) is 24.5 Å². The highest BCUT2D eigenvalue weighted by molar-refractivity contribution is 6.34. The summed E-state index contributed by atoms with van der Waals surface area (Å²) in [5.74, 6) is -2.40. The van der Waals surface area contributed by atoms with Gasteiger partial charge in [-0.1, -0.05) is 18.2 Å². The first kappa shape index (κ1) is 16.7. The van der Waals surface area contributed by atoms with Crippen LogP contribution >= 0.6 is 0 Å². The molecule has 0 saturated heterocycles. The summed E-state index contributed by atoms with van der Waals surface area (Å²) >= 11 is 0. The molecule has 6 nitrogen and oxygen atoms in total. The average molecular weight is 357 g/mol. The molecule has 2 amide bonds. The van der Waals surface area contributed by atoms with E-state index in [-0.39, 0.29) is 16.7 Å². The van der Waals surface area contributed by atoms with Gasteiger partial charge < -0.3 is 9.90 Å². The molecule has 2 aromatic carbocycles. The molecule has 0 aliphatic carbocycles. The number of imide groups is 1. The average Bonchev–Trinajstić information content (AvgIpc) is 2.93. The Kier molecular flexibility index (Phi) is 4.01. The summed E-state index contributed by atoms with van der Waals surface area (Å²) in [6, 6.07) is 14.8. The molecule has 0 N–H and O–H groups in total. The first-order chi connectivity index (χ1) is 13.0. The number of nitrogens with zero attached hydrogens (tertiary/aromatic N) is 2. The van der Waals surface area contributed by atoms with Gasteiger partial charge in [-0.25, -0.2) is 4.90 Å². The summed E-state index contributed by atoms with van der Waals surface area (Å²) in [4.78, 5) is 41.3. The number of aromatic nitrogens is 1. The normalized spacial score (nSPS) is 13.0. The maximum absolute atomic E-state index is 12.6. The predicted molar refractivity (Wildman–Crippen MR) is 95.4 cm³/mol. The number of carboxylic acids is 1. The molecule has 2 heterocycles. The van der Waals surface area contributed by atoms with Gasteiger partial charge in [0.25, 0.3) is 11.8 Å². The van der Waals surface area contributed by atoms with E-state index in [0.717, 1.165) is 16.0 Å². The largest absolute Gasteiger partial charge is 0.545 e. The van der Waals surface area contributed by atoms with Crippen LogP contribution < -0.4 is 10.0 Å². The SMILES string of the molecule is O=C([O-])c1ccc2c(c1)C(=O)N(c1ccc(Cc3ccncc3)cc1)C2=O. The number of hydrogen-bond acceptors (Lipinski definition) is 5. The van der Waals surface area contributed by atoms with Crippen LogP contribution in [-0.4, -0.2) is 22.8 Å². The van der Waals surface area contributed by atoms with Gasteiger partial charge in [0.15, 0.2) is 0 Å². The first-order valence-corrected chi connectivity index (χ1v) is 8.26. The molecule has 1 aliphatic rings. The topological polar surface area (TPSA) is 90.4 Å². The lowest BCUT2D eigenvalue weighted by molar-refractivity contribution is -0.255. The number of aromatic carboxylic acids is 1. The number of anilines is 1. The predicted octanol–water partition coefficient (Wildman–Crippen LogP) is 1.84. The smallest absolute Gasteiger partial charge is 0.266 e. The van der Waals surface area contributed by atoms with Crippen molar-refractivity contribution in [2.45, 2.75) is 6.42 Å². The lowest BCUT2D eigenvalue weighted by atomic mass is 10.1. The minimum atomic E-state index is -1.39. The van der Waals surface area contributed by atoms with Crippen molar-refractivity contribution in [3.05, 3.63) is 94.8 Å². The molecule has 0 spiro atoms. The van der Waals surface area contributed by atoms with Crippen LogP contribution in [-0.2, 0) is 6.42 Å². The van der Waals surface area contributed by atoms with E-state index in [0.29, 0.717) is 12.1 Å². The second-order valence-corrected chi connectivity index (χ2v) is 6.19. The molecule has 132 valence electrons. The third kappa shape index (κ3) is 2.97. The zero-order valence-electron chi connectivity index (χ0n) is 14.1. The number of carbonyl (C=O) groups is 3. The van der Waals surface area contributed by atoms with Crippen LogP contribution in [0.3, 0.4) is 0 Å². The Morgan fingerprint density at radius 3 is 2.15 bits per heavy atom. The molecule has 6 heteroatoms. The zero-order chi connectivity index (χ0) is 19.0. The molecule has 0 radical (unpaired) electrons. The van der Waals surface area contributed by atoms with Crippen molar-refractivity contribution in [1.82, 2.24) is 4.98 Å². The van der Waals surface area contributed by atoms with E-state index in [1.165, 1.54) is 18.2 Å². The Balaban J connectivity index is 1.61. The van der Waals surface area contributed by atoms with Gasteiger partial charge in [-0.2, -0.15) is 0 Å². The Labute approximate surface area is 154 Å². The van der Waals surface area contributed by atoms with Gasteiger partial charge in [0, 0.05) is 12.4 Å². The molecule has 27 heavy (non-hydrogen) atoms. The van der Waals surface area contributed by atoms with E-state index in [9.17, 15) is 19.5 Å². The fraction of sp³-hybridized carbons (Fsp3) is 0.0476. The van der Waals surface area contributed by atoms with Crippen LogP contribution in [0, 0.1) is 0 Å². The lowest BCUT2D eigenvalue weighted by Gasteiger charge is -2.14. The number of hydrogen-bond donors (Lipinski definition) is 0. The molecule has 1 aromatic heterocycles. The minimum Gasteiger partial charge on any atom is -0.545 e. The highest BCUT2D eigenvalue weighted by Crippen LogP contribution is 2.29. The molecule has 1 aliphatic heterocycles. The van der Waals surface area contributed by atoms with Gasteiger partial charge in [-0.05, 0) is 59.5 Å². The fourth-order valence-electron chi connectivity index (χ4n) is 3.10. The summed E-state index contributed by atoms with van der Waals surface area (Å²) in [5.41, 5.74) is 2.70. The Hall–Kier alpha value is -3.80. The minimum absolute atomic E-state index is 0.0718. The molecular formula is C21H13N2O4-. The summed E-state index contributed by atoms with van der Waals surface area (Å²) in [5, 5.41) is 11.0. The van der Waals surface area contributed by atoms with E-state index >= 15 is 0 Å². The van der Waals surface area contributed by atoms with Crippen LogP contribution in [0.15, 0.2) is 67.0 Å². The van der Waals surface area contributed by atoms with E-state index in [1.807, 2.05) is 24.3 Å². The van der Waals surface area contributed by atoms with Crippen LogP contribution in [0.2, 0.25) is 0 Å². The molecular weight excluding hydrogens is 344 g/mol. The number of carbonyl (C=O) groups excluding carboxylic acids is 3. The second-order valence-electron chi connectivity index (χ2n) is 6.19. The van der Waals surface area contributed by atoms with Crippen LogP contribution in [0.25, 0.3) is 0 Å². The highest BCUT2D eigenvalue weighted by atomic mass is 16.4. The number of rotatable bonds is 4. The maximum atomic E-state index is 12.6. The van der Waals surface area contributed by atoms with Gasteiger partial charge in [0.2, 0.25) is 0 Å². The molecule has 0 bridgehead atoms. The number of pyridine rings is 1. The summed E-state index contributed by atoms with van der Waals surface area (Å²) < 4.78 is 0. The Bertz CT molecular complexity index is 1060. The fourth-order valence-corrected chi connectivity index (χ4v) is 3.10. The quantitative estimate of drug-likeness (QED) is 0.665. The highest BCUT2D eigenvalue weighted by Gasteiger charge is 2.36. The molecule has 4 rings (SSSR count). The Morgan fingerprint density at radius 1 is 0.852 bits per heavy atom. The molecule has 0 unspecified atom stereocenters. The lowest BCUT2D eigenvalue weighted by Crippen LogP contribution is -2.29. The van der Waals surface area contributed by atoms with Crippen molar-refractivity contribution < 1.29 is 19.5 Å². The monoisotopic (exact) mass is 357 g/mol. The summed E-state index contributed by atoms with van der Waals surface area (Å²) in [7, 11) is 0. The first-order valence-electron chi connectivity index (χ1n) is 8.26. The molecule has 3 aromatic rings. The van der Waals surface area contributed by atoms with Gasteiger partial charge in [0.05, 0.1) is 22.8 Å². The van der Waals surface area contributed by atoms with Gasteiger partial charge >= 0.3 is 0 Å². The number of fused-ring (bicyclic) bond motifs is 1. The number of carboxylic acid groups (broad SMARTS) is 1. The van der Waals surface area contributed by atoms with Crippen molar-refractivity contribution in [2.24, 2.45) is 0 Å². The van der Waals surface area contributed by atoms with Crippen molar-refractivity contribution in [2.75, 3.05) is 4.90 Å². The summed E-state index contributed by atoms with van der Waals surface area (Å²) in [6.45, 7) is 0. The third-order valence-electron chi connectivity index (χ3n) is 4.47. The van der Waals surface area contributed by atoms with E-state index < -0.39 is 17.8 Å². The zero-order valence-corrected chi connectivity index (χ0v) is 14.1. The van der Waals surface area contributed by atoms with E-state index in [4.69, 9.17) is 0 Å². The van der Waals surface area contributed by atoms with Gasteiger partial charge in [0.1, 0.15) is 0 Å².